The standard InChI is InChI=1S/C10H18O2/c1-7(2)6-10(5,8(3)4)9(11)12/h6,8H,1-5H3,(H,11,12). The van der Waals surface area contributed by atoms with E-state index in [9.17, 15) is 4.79 Å². The highest BCUT2D eigenvalue weighted by Gasteiger charge is 2.33. The van der Waals surface area contributed by atoms with Gasteiger partial charge in [0.25, 0.3) is 0 Å². The van der Waals surface area contributed by atoms with E-state index < -0.39 is 11.4 Å². The van der Waals surface area contributed by atoms with Gasteiger partial charge in [-0.2, -0.15) is 0 Å². The molecule has 12 heavy (non-hydrogen) atoms. The lowest BCUT2D eigenvalue weighted by Gasteiger charge is -2.25. The van der Waals surface area contributed by atoms with Crippen molar-refractivity contribution in [1.82, 2.24) is 0 Å². The van der Waals surface area contributed by atoms with Gasteiger partial charge in [-0.05, 0) is 26.7 Å². The SMILES string of the molecule is CC(C)=CC(C)(C(=O)O)C(C)C. The number of hydrogen-bond acceptors (Lipinski definition) is 1. The molecule has 1 atom stereocenters. The molecule has 1 unspecified atom stereocenters. The number of aliphatic carboxylic acids is 1. The maximum atomic E-state index is 11.0. The van der Waals surface area contributed by atoms with Crippen LogP contribution in [0.5, 0.6) is 0 Å². The zero-order valence-corrected chi connectivity index (χ0v) is 8.51. The molecule has 0 aromatic carbocycles. The van der Waals surface area contributed by atoms with Gasteiger partial charge in [0.15, 0.2) is 0 Å². The summed E-state index contributed by atoms with van der Waals surface area (Å²) in [4.78, 5) is 11.0. The van der Waals surface area contributed by atoms with Crippen molar-refractivity contribution in [3.63, 3.8) is 0 Å². The van der Waals surface area contributed by atoms with Gasteiger partial charge in [0.2, 0.25) is 0 Å². The van der Waals surface area contributed by atoms with Gasteiger partial charge < -0.3 is 5.11 Å². The maximum Gasteiger partial charge on any atom is 0.313 e. The highest BCUT2D eigenvalue weighted by Crippen LogP contribution is 2.30. The molecule has 0 spiro atoms. The van der Waals surface area contributed by atoms with E-state index in [1.54, 1.807) is 6.92 Å². The normalized spacial score (nSPS) is 15.5. The number of rotatable bonds is 3. The Morgan fingerprint density at radius 2 is 1.83 bits per heavy atom. The Balaban J connectivity index is 4.89. The van der Waals surface area contributed by atoms with Crippen LogP contribution < -0.4 is 0 Å². The van der Waals surface area contributed by atoms with Gasteiger partial charge in [-0.1, -0.05) is 25.5 Å². The van der Waals surface area contributed by atoms with E-state index in [2.05, 4.69) is 0 Å². The predicted octanol–water partition coefficient (Wildman–Crippen LogP) is 2.70. The molecule has 2 heteroatoms. The number of allylic oxidation sites excluding steroid dienone is 1. The number of hydrogen-bond donors (Lipinski definition) is 1. The minimum absolute atomic E-state index is 0.116. The molecular formula is C10H18O2. The molecule has 2 nitrogen and oxygen atoms in total. The number of carboxylic acid groups (broad SMARTS) is 1. The van der Waals surface area contributed by atoms with Crippen molar-refractivity contribution < 1.29 is 9.90 Å². The lowest BCUT2D eigenvalue weighted by molar-refractivity contribution is -0.147. The fourth-order valence-corrected chi connectivity index (χ4v) is 1.08. The van der Waals surface area contributed by atoms with Gasteiger partial charge in [0, 0.05) is 0 Å². The van der Waals surface area contributed by atoms with Crippen LogP contribution in [0.1, 0.15) is 34.6 Å². The van der Waals surface area contributed by atoms with E-state index in [1.807, 2.05) is 33.8 Å². The van der Waals surface area contributed by atoms with Gasteiger partial charge >= 0.3 is 5.97 Å². The van der Waals surface area contributed by atoms with E-state index >= 15 is 0 Å². The summed E-state index contributed by atoms with van der Waals surface area (Å²) in [5.74, 6) is -0.636. The van der Waals surface area contributed by atoms with Crippen LogP contribution in [0.2, 0.25) is 0 Å². The van der Waals surface area contributed by atoms with Crippen LogP contribution in [0.3, 0.4) is 0 Å². The third-order valence-electron chi connectivity index (χ3n) is 2.25. The molecule has 0 amide bonds. The van der Waals surface area contributed by atoms with Crippen LogP contribution in [-0.4, -0.2) is 11.1 Å². The Hall–Kier alpha value is -0.790. The number of carbonyl (C=O) groups is 1. The Morgan fingerprint density at radius 1 is 1.42 bits per heavy atom. The number of carboxylic acids is 1. The summed E-state index contributed by atoms with van der Waals surface area (Å²) in [6, 6.07) is 0. The molecule has 0 aliphatic heterocycles. The quantitative estimate of drug-likeness (QED) is 0.661. The van der Waals surface area contributed by atoms with Crippen LogP contribution >= 0.6 is 0 Å². The second-order valence-electron chi connectivity index (χ2n) is 3.96. The van der Waals surface area contributed by atoms with Crippen LogP contribution in [0.15, 0.2) is 11.6 Å². The maximum absolute atomic E-state index is 11.0. The fraction of sp³-hybridized carbons (Fsp3) is 0.700. The van der Waals surface area contributed by atoms with Crippen LogP contribution in [0, 0.1) is 11.3 Å². The molecule has 0 aliphatic carbocycles. The van der Waals surface area contributed by atoms with E-state index in [1.165, 1.54) is 0 Å². The lowest BCUT2D eigenvalue weighted by atomic mass is 9.78. The molecule has 70 valence electrons. The Bertz CT molecular complexity index is 200. The van der Waals surface area contributed by atoms with Crippen molar-refractivity contribution in [2.45, 2.75) is 34.6 Å². The summed E-state index contributed by atoms with van der Waals surface area (Å²) < 4.78 is 0. The first-order chi connectivity index (χ1) is 5.30. The summed E-state index contributed by atoms with van der Waals surface area (Å²) >= 11 is 0. The van der Waals surface area contributed by atoms with Crippen LogP contribution in [-0.2, 0) is 4.79 Å². The first-order valence-corrected chi connectivity index (χ1v) is 4.20. The highest BCUT2D eigenvalue weighted by molar-refractivity contribution is 5.77. The van der Waals surface area contributed by atoms with Crippen molar-refractivity contribution in [3.05, 3.63) is 11.6 Å². The second-order valence-corrected chi connectivity index (χ2v) is 3.96. The smallest absolute Gasteiger partial charge is 0.313 e. The molecular weight excluding hydrogens is 152 g/mol. The monoisotopic (exact) mass is 170 g/mol. The average molecular weight is 170 g/mol. The largest absolute Gasteiger partial charge is 0.481 e. The molecule has 0 rings (SSSR count). The summed E-state index contributed by atoms with van der Waals surface area (Å²) in [5.41, 5.74) is 0.326. The second kappa shape index (κ2) is 3.74. The molecule has 0 aromatic heterocycles. The van der Waals surface area contributed by atoms with Gasteiger partial charge in [-0.15, -0.1) is 0 Å². The summed E-state index contributed by atoms with van der Waals surface area (Å²) in [5, 5.41) is 9.01. The minimum Gasteiger partial charge on any atom is -0.481 e. The van der Waals surface area contributed by atoms with Crippen molar-refractivity contribution in [2.24, 2.45) is 11.3 Å². The van der Waals surface area contributed by atoms with Crippen molar-refractivity contribution >= 4 is 5.97 Å². The van der Waals surface area contributed by atoms with Gasteiger partial charge in [-0.3, -0.25) is 4.79 Å². The van der Waals surface area contributed by atoms with E-state index in [0.29, 0.717) is 0 Å². The zero-order valence-electron chi connectivity index (χ0n) is 8.51. The summed E-state index contributed by atoms with van der Waals surface area (Å²) in [7, 11) is 0. The minimum atomic E-state index is -0.751. The molecule has 1 N–H and O–H groups in total. The van der Waals surface area contributed by atoms with E-state index in [-0.39, 0.29) is 5.92 Å². The first kappa shape index (κ1) is 11.2. The summed E-state index contributed by atoms with van der Waals surface area (Å²) in [6.07, 6.45) is 1.82. The Kier molecular flexibility index (Phi) is 3.50. The van der Waals surface area contributed by atoms with Crippen LogP contribution in [0.25, 0.3) is 0 Å². The summed E-state index contributed by atoms with van der Waals surface area (Å²) in [6.45, 7) is 9.45. The topological polar surface area (TPSA) is 37.3 Å². The third-order valence-corrected chi connectivity index (χ3v) is 2.25. The molecule has 0 fully saturated rings. The fourth-order valence-electron chi connectivity index (χ4n) is 1.08. The third kappa shape index (κ3) is 2.36. The van der Waals surface area contributed by atoms with E-state index in [4.69, 9.17) is 5.11 Å². The molecule has 0 saturated carbocycles. The molecule has 0 heterocycles. The van der Waals surface area contributed by atoms with E-state index in [0.717, 1.165) is 5.57 Å². The lowest BCUT2D eigenvalue weighted by Crippen LogP contribution is -2.31. The molecule has 0 radical (unpaired) electrons. The Labute approximate surface area is 74.3 Å². The molecule has 0 aliphatic rings. The van der Waals surface area contributed by atoms with Crippen LogP contribution in [0.4, 0.5) is 0 Å². The molecule has 0 saturated heterocycles. The predicted molar refractivity (Wildman–Crippen MR) is 50.0 cm³/mol. The van der Waals surface area contributed by atoms with Gasteiger partial charge in [0.1, 0.15) is 0 Å². The Morgan fingerprint density at radius 3 is 1.92 bits per heavy atom. The van der Waals surface area contributed by atoms with Gasteiger partial charge in [0.05, 0.1) is 5.41 Å². The van der Waals surface area contributed by atoms with Gasteiger partial charge in [-0.25, -0.2) is 0 Å². The molecule has 0 bridgehead atoms. The first-order valence-electron chi connectivity index (χ1n) is 4.20. The highest BCUT2D eigenvalue weighted by atomic mass is 16.4. The van der Waals surface area contributed by atoms with Crippen molar-refractivity contribution in [3.8, 4) is 0 Å². The van der Waals surface area contributed by atoms with Crippen molar-refractivity contribution in [2.75, 3.05) is 0 Å². The average Bonchev–Trinajstić information content (AvgIpc) is 1.84. The molecule has 0 aromatic rings. The zero-order chi connectivity index (χ0) is 9.94. The van der Waals surface area contributed by atoms with Crippen molar-refractivity contribution in [1.29, 1.82) is 0 Å².